The lowest BCUT2D eigenvalue weighted by atomic mass is 10.2. The van der Waals surface area contributed by atoms with Gasteiger partial charge in [0.05, 0.1) is 16.8 Å². The highest BCUT2D eigenvalue weighted by atomic mass is 16.6. The fraction of sp³-hybridized carbons (Fsp3) is 0.300. The van der Waals surface area contributed by atoms with Crippen LogP contribution in [0.5, 0.6) is 5.75 Å². The topological polar surface area (TPSA) is 96.0 Å². The van der Waals surface area contributed by atoms with Crippen LogP contribution >= 0.6 is 0 Å². The molecule has 3 aromatic rings. The molecule has 0 saturated heterocycles. The molecule has 0 unspecified atom stereocenters. The van der Waals surface area contributed by atoms with Gasteiger partial charge in [-0.05, 0) is 56.0 Å². The molecule has 1 aliphatic rings. The molecule has 1 aliphatic carbocycles. The number of fused-ring (bicyclic) bond motifs is 1. The molecular weight excluding hydrogens is 362 g/mol. The first-order chi connectivity index (χ1) is 13.6. The van der Waals surface area contributed by atoms with Crippen LogP contribution in [0.3, 0.4) is 0 Å². The van der Waals surface area contributed by atoms with Gasteiger partial charge in [-0.1, -0.05) is 0 Å². The Balaban J connectivity index is 1.40. The van der Waals surface area contributed by atoms with Gasteiger partial charge in [0.1, 0.15) is 17.5 Å². The third-order valence-corrected chi connectivity index (χ3v) is 4.75. The van der Waals surface area contributed by atoms with Gasteiger partial charge in [0.25, 0.3) is 5.69 Å². The molecule has 0 atom stereocenters. The van der Waals surface area contributed by atoms with Crippen molar-refractivity contribution in [2.75, 3.05) is 6.61 Å². The molecule has 2 aromatic heterocycles. The first-order valence-electron chi connectivity index (χ1n) is 9.14. The number of esters is 1. The third kappa shape index (κ3) is 3.95. The van der Waals surface area contributed by atoms with E-state index >= 15 is 0 Å². The minimum Gasteiger partial charge on any atom is -0.482 e. The van der Waals surface area contributed by atoms with Gasteiger partial charge in [-0.2, -0.15) is 0 Å². The molecule has 0 N–H and O–H groups in total. The van der Waals surface area contributed by atoms with Gasteiger partial charge in [-0.25, -0.2) is 9.78 Å². The lowest BCUT2D eigenvalue weighted by molar-refractivity contribution is -0.385. The Bertz CT molecular complexity index is 1010. The van der Waals surface area contributed by atoms with E-state index in [1.807, 2.05) is 12.1 Å². The highest BCUT2D eigenvalue weighted by molar-refractivity contribution is 5.71. The van der Waals surface area contributed by atoms with Crippen molar-refractivity contribution in [1.82, 2.24) is 9.38 Å². The lowest BCUT2D eigenvalue weighted by Gasteiger charge is -2.12. The SMILES string of the molecule is O=C(COc1ccc(-c2cn3cc([N+](=O)[O-])ccc3n2)cc1)OC1CCCC1. The van der Waals surface area contributed by atoms with Gasteiger partial charge < -0.3 is 9.47 Å². The van der Waals surface area contributed by atoms with Crippen LogP contribution in [0.25, 0.3) is 16.9 Å². The minimum atomic E-state index is -0.442. The van der Waals surface area contributed by atoms with Crippen molar-refractivity contribution < 1.29 is 19.2 Å². The molecule has 0 radical (unpaired) electrons. The Kier molecular flexibility index (Phi) is 4.92. The van der Waals surface area contributed by atoms with Crippen molar-refractivity contribution in [2.24, 2.45) is 0 Å². The zero-order valence-corrected chi connectivity index (χ0v) is 15.1. The summed E-state index contributed by atoms with van der Waals surface area (Å²) in [4.78, 5) is 26.7. The molecular formula is C20H19N3O5. The van der Waals surface area contributed by atoms with Crippen LogP contribution in [0.15, 0.2) is 48.8 Å². The fourth-order valence-electron chi connectivity index (χ4n) is 3.32. The smallest absolute Gasteiger partial charge is 0.344 e. The molecule has 0 aliphatic heterocycles. The van der Waals surface area contributed by atoms with Gasteiger partial charge in [-0.3, -0.25) is 14.5 Å². The van der Waals surface area contributed by atoms with Crippen LogP contribution in [-0.2, 0) is 9.53 Å². The van der Waals surface area contributed by atoms with Crippen LogP contribution in [0.4, 0.5) is 5.69 Å². The van der Waals surface area contributed by atoms with Crippen LogP contribution in [0.1, 0.15) is 25.7 Å². The number of hydrogen-bond donors (Lipinski definition) is 0. The number of rotatable bonds is 6. The molecule has 0 amide bonds. The lowest BCUT2D eigenvalue weighted by Crippen LogP contribution is -2.20. The second-order valence-corrected chi connectivity index (χ2v) is 6.75. The maximum atomic E-state index is 11.8. The normalized spacial score (nSPS) is 14.3. The second kappa shape index (κ2) is 7.67. The molecule has 0 spiro atoms. The van der Waals surface area contributed by atoms with Crippen molar-refractivity contribution in [3.8, 4) is 17.0 Å². The maximum absolute atomic E-state index is 11.8. The van der Waals surface area contributed by atoms with E-state index in [-0.39, 0.29) is 24.4 Å². The van der Waals surface area contributed by atoms with E-state index in [9.17, 15) is 14.9 Å². The Morgan fingerprint density at radius 1 is 1.14 bits per heavy atom. The molecule has 144 valence electrons. The van der Waals surface area contributed by atoms with Gasteiger partial charge in [-0.15, -0.1) is 0 Å². The molecule has 0 bridgehead atoms. The van der Waals surface area contributed by atoms with E-state index in [2.05, 4.69) is 4.98 Å². The Labute approximate surface area is 160 Å². The molecule has 4 rings (SSSR count). The Hall–Kier alpha value is -3.42. The van der Waals surface area contributed by atoms with Crippen LogP contribution < -0.4 is 4.74 Å². The number of nitrogens with zero attached hydrogens (tertiary/aromatic N) is 3. The Morgan fingerprint density at radius 2 is 1.89 bits per heavy atom. The fourth-order valence-corrected chi connectivity index (χ4v) is 3.32. The summed E-state index contributed by atoms with van der Waals surface area (Å²) >= 11 is 0. The van der Waals surface area contributed by atoms with Crippen LogP contribution in [0, 0.1) is 10.1 Å². The maximum Gasteiger partial charge on any atom is 0.344 e. The summed E-state index contributed by atoms with van der Waals surface area (Å²) in [6.07, 6.45) is 7.28. The summed E-state index contributed by atoms with van der Waals surface area (Å²) in [5, 5.41) is 10.9. The van der Waals surface area contributed by atoms with E-state index in [4.69, 9.17) is 9.47 Å². The Morgan fingerprint density at radius 3 is 2.61 bits per heavy atom. The number of benzene rings is 1. The summed E-state index contributed by atoms with van der Waals surface area (Å²) in [5.41, 5.74) is 2.15. The first-order valence-corrected chi connectivity index (χ1v) is 9.14. The summed E-state index contributed by atoms with van der Waals surface area (Å²) in [5.74, 6) is 0.212. The largest absolute Gasteiger partial charge is 0.482 e. The number of pyridine rings is 1. The molecule has 1 saturated carbocycles. The van der Waals surface area contributed by atoms with Gasteiger partial charge in [0.15, 0.2) is 6.61 Å². The van der Waals surface area contributed by atoms with Crippen molar-refractivity contribution >= 4 is 17.3 Å². The summed E-state index contributed by atoms with van der Waals surface area (Å²) in [6.45, 7) is -0.117. The van der Waals surface area contributed by atoms with E-state index in [1.165, 1.54) is 12.3 Å². The number of carbonyl (C=O) groups excluding carboxylic acids is 1. The highest BCUT2D eigenvalue weighted by Gasteiger charge is 2.19. The standard InChI is InChI=1S/C20H19N3O5/c24-20(28-17-3-1-2-4-17)13-27-16-8-5-14(6-9-16)18-12-22-11-15(23(25)26)7-10-19(22)21-18/h5-12,17H,1-4,13H2. The molecule has 8 nitrogen and oxygen atoms in total. The van der Waals surface area contributed by atoms with Crippen molar-refractivity contribution in [2.45, 2.75) is 31.8 Å². The van der Waals surface area contributed by atoms with Crippen molar-refractivity contribution in [1.29, 1.82) is 0 Å². The number of nitro groups is 1. The predicted octanol–water partition coefficient (Wildman–Crippen LogP) is 3.77. The summed E-state index contributed by atoms with van der Waals surface area (Å²) in [6, 6.07) is 10.2. The van der Waals surface area contributed by atoms with Gasteiger partial charge >= 0.3 is 5.97 Å². The number of carbonyl (C=O) groups is 1. The van der Waals surface area contributed by atoms with Crippen LogP contribution in [0.2, 0.25) is 0 Å². The molecule has 8 heteroatoms. The average molecular weight is 381 g/mol. The summed E-state index contributed by atoms with van der Waals surface area (Å²) in [7, 11) is 0. The number of ether oxygens (including phenoxy) is 2. The third-order valence-electron chi connectivity index (χ3n) is 4.75. The number of imidazole rings is 1. The molecule has 1 aromatic carbocycles. The number of aromatic nitrogens is 2. The van der Waals surface area contributed by atoms with Crippen molar-refractivity contribution in [3.05, 3.63) is 58.9 Å². The van der Waals surface area contributed by atoms with E-state index in [1.54, 1.807) is 28.8 Å². The molecule has 28 heavy (non-hydrogen) atoms. The molecule has 1 fully saturated rings. The highest BCUT2D eigenvalue weighted by Crippen LogP contribution is 2.24. The average Bonchev–Trinajstić information content (AvgIpc) is 3.35. The first kappa shape index (κ1) is 18.0. The van der Waals surface area contributed by atoms with Crippen LogP contribution in [-0.4, -0.2) is 33.0 Å². The monoisotopic (exact) mass is 381 g/mol. The van der Waals surface area contributed by atoms with Crippen molar-refractivity contribution in [3.63, 3.8) is 0 Å². The van der Waals surface area contributed by atoms with E-state index in [0.29, 0.717) is 17.1 Å². The minimum absolute atomic E-state index is 0.00434. The van der Waals surface area contributed by atoms with E-state index < -0.39 is 4.92 Å². The van der Waals surface area contributed by atoms with Gasteiger partial charge in [0, 0.05) is 17.8 Å². The predicted molar refractivity (Wildman–Crippen MR) is 101 cm³/mol. The second-order valence-electron chi connectivity index (χ2n) is 6.75. The zero-order chi connectivity index (χ0) is 19.5. The number of hydrogen-bond acceptors (Lipinski definition) is 6. The summed E-state index contributed by atoms with van der Waals surface area (Å²) < 4.78 is 12.5. The molecule has 2 heterocycles. The van der Waals surface area contributed by atoms with Gasteiger partial charge in [0.2, 0.25) is 0 Å². The zero-order valence-electron chi connectivity index (χ0n) is 15.1. The van der Waals surface area contributed by atoms with E-state index in [0.717, 1.165) is 31.2 Å². The quantitative estimate of drug-likeness (QED) is 0.366.